The third-order valence-corrected chi connectivity index (χ3v) is 45.5. The third kappa shape index (κ3) is 58.9. The van der Waals surface area contributed by atoms with Crippen LogP contribution >= 0.6 is 23.5 Å². The van der Waals surface area contributed by atoms with E-state index in [1.165, 1.54) is 37.8 Å². The normalized spacial score (nSPS) is 15.9. The van der Waals surface area contributed by atoms with E-state index in [1.54, 1.807) is 11.8 Å². The summed E-state index contributed by atoms with van der Waals surface area (Å²) in [5.74, 6) is 1.65. The lowest BCUT2D eigenvalue weighted by atomic mass is 10.1. The van der Waals surface area contributed by atoms with Crippen LogP contribution in [0.3, 0.4) is 0 Å². The maximum Gasteiger partial charge on any atom is 0.317 e. The zero-order chi connectivity index (χ0) is 72.4. The van der Waals surface area contributed by atoms with Crippen LogP contribution in [-0.2, 0) is 67.0 Å². The second kappa shape index (κ2) is 48.9. The fraction of sp³-hybridized carbons (Fsp3) is 0.793. The molecule has 1 rings (SSSR count). The van der Waals surface area contributed by atoms with Crippen LogP contribution in [0.5, 0.6) is 0 Å². The molecule has 546 valence electrons. The molecule has 0 bridgehead atoms. The zero-order valence-corrected chi connectivity index (χ0v) is 71.7. The van der Waals surface area contributed by atoms with Crippen LogP contribution in [-0.4, -0.2) is 223 Å². The Hall–Kier alpha value is -1.79. The van der Waals surface area contributed by atoms with Gasteiger partial charge in [0.2, 0.25) is 34.7 Å². The van der Waals surface area contributed by atoms with Crippen molar-refractivity contribution in [3.05, 3.63) is 37.6 Å². The van der Waals surface area contributed by atoms with Gasteiger partial charge in [-0.15, -0.1) is 0 Å². The van der Waals surface area contributed by atoms with Gasteiger partial charge in [-0.05, 0) is 193 Å². The summed E-state index contributed by atoms with van der Waals surface area (Å²) in [6.07, 6.45) is 6.68. The van der Waals surface area contributed by atoms with E-state index in [1.807, 2.05) is 0 Å². The third-order valence-electron chi connectivity index (χ3n) is 11.7. The second-order valence-corrected chi connectivity index (χ2v) is 66.4. The molecule has 93 heavy (non-hydrogen) atoms. The van der Waals surface area contributed by atoms with Gasteiger partial charge in [-0.2, -0.15) is 11.8 Å². The van der Waals surface area contributed by atoms with E-state index in [9.17, 15) is 28.8 Å². The summed E-state index contributed by atoms with van der Waals surface area (Å²) in [5.41, 5.74) is 5.77. The molecule has 5 unspecified atom stereocenters. The van der Waals surface area contributed by atoms with Crippen molar-refractivity contribution in [2.24, 2.45) is 5.73 Å². The molecule has 1 aliphatic heterocycles. The number of amides is 5. The van der Waals surface area contributed by atoms with Crippen molar-refractivity contribution in [1.29, 1.82) is 0 Å². The Kier molecular flexibility index (Phi) is 50.1. The molecule has 5 amide bonds. The SMILES string of the molecule is C=CC(=O)NCCC[Si](C)(O[Si](C)(C)C)O[Si](C)(C)O[Si](C)(C)C.C=CC(=O)NCCC[Si](C)(O[Si](C)(C)O[Si](C)(C)C)O[Si](C)(CCCNC(=O)CCSCCC(NC(C)=O)C(=C)NCCOCCO)O[Si](C)(C)C.CC(=O)NC1CCSC1=O.NCCOCCO. The molecule has 0 saturated carbocycles. The van der Waals surface area contributed by atoms with Gasteiger partial charge in [0.05, 0.1) is 51.7 Å². The molecular weight excluding hydrogens is 1380 g/mol. The summed E-state index contributed by atoms with van der Waals surface area (Å²) in [6, 6.07) is 1.78. The van der Waals surface area contributed by atoms with Gasteiger partial charge in [-0.1, -0.05) is 31.5 Å². The highest BCUT2D eigenvalue weighted by Crippen LogP contribution is 2.32. The van der Waals surface area contributed by atoms with Gasteiger partial charge >= 0.3 is 42.8 Å². The van der Waals surface area contributed by atoms with Crippen molar-refractivity contribution in [3.63, 3.8) is 0 Å². The smallest absolute Gasteiger partial charge is 0.317 e. The quantitative estimate of drug-likeness (QED) is 0.0157. The summed E-state index contributed by atoms with van der Waals surface area (Å²) >= 11 is 2.95. The Labute approximate surface area is 579 Å². The number of hydrogen-bond acceptors (Lipinski definition) is 21. The first kappa shape index (κ1) is 95.4. The Balaban J connectivity index is -0.00000159. The first-order valence-electron chi connectivity index (χ1n) is 32.4. The standard InChI is InChI=1S/C33H72N4O9SSi5.C15H37NO4Si4.C6H9NO2S.C4H11NO2/c1-14-32(40)35-19-15-28-52(13,45-50(10,11)43-48(4,5)6)46-51(12,44-49(7,8)9)27-16-20-36-33(41)18-26-47-25-17-31(37-30(3)39)29(2)34-21-23-42-24-22-38;1-11-15(17)16-13-12-14-24(10,19-22(5,6)7)20-23(8,9)18-21(2,3)4;1-4(8)7-5-2-3-10-6(5)9;5-1-3-7-4-2-6/h14,31,34,38H,1-2,15-28H2,3-13H3,(H,35,40)(H,36,41)(H,37,39);11H,1,12-14H2,2-10H3,(H,16,17);5H,2-3H2,1H3,(H,7,8);6H,1-5H2. The van der Waals surface area contributed by atoms with Crippen molar-refractivity contribution in [2.45, 2.75) is 207 Å². The molecule has 1 aliphatic rings. The van der Waals surface area contributed by atoms with Crippen LogP contribution in [0.25, 0.3) is 0 Å². The monoisotopic (exact) mass is 1510 g/mol. The van der Waals surface area contributed by atoms with Crippen molar-refractivity contribution >= 4 is 134 Å². The topological polar surface area (TPSA) is 324 Å². The molecule has 1 fully saturated rings. The number of carbonyl (C=O) groups is 6. The van der Waals surface area contributed by atoms with Crippen LogP contribution in [0.4, 0.5) is 0 Å². The number of aliphatic hydroxyl groups is 2. The highest BCUT2D eigenvalue weighted by atomic mass is 32.2. The van der Waals surface area contributed by atoms with Crippen molar-refractivity contribution in [2.75, 3.05) is 89.6 Å². The van der Waals surface area contributed by atoms with Gasteiger partial charge in [0.15, 0.2) is 33.3 Å². The van der Waals surface area contributed by atoms with Crippen molar-refractivity contribution in [1.82, 2.24) is 31.9 Å². The number of nitrogens with one attached hydrogen (secondary N) is 6. The highest BCUT2D eigenvalue weighted by Gasteiger charge is 2.49. The van der Waals surface area contributed by atoms with Crippen LogP contribution in [0.1, 0.15) is 52.4 Å². The van der Waals surface area contributed by atoms with Crippen molar-refractivity contribution < 1.29 is 77.3 Å². The fourth-order valence-electron chi connectivity index (χ4n) is 9.53. The van der Waals surface area contributed by atoms with E-state index in [4.69, 9.17) is 54.2 Å². The average molecular weight is 1510 g/mol. The lowest BCUT2D eigenvalue weighted by Gasteiger charge is -2.44. The van der Waals surface area contributed by atoms with Crippen LogP contribution in [0.15, 0.2) is 37.6 Å². The molecule has 0 aromatic heterocycles. The zero-order valence-electron chi connectivity index (χ0n) is 61.1. The molecular formula is C58H129N7O17S2Si9. The minimum atomic E-state index is -2.84. The molecule has 0 aromatic rings. The Morgan fingerprint density at radius 2 is 1.00 bits per heavy atom. The largest absolute Gasteiger partial charge is 0.437 e. The van der Waals surface area contributed by atoms with Gasteiger partial charge in [-0.25, -0.2) is 0 Å². The number of aliphatic hydroxyl groups excluding tert-OH is 2. The Morgan fingerprint density at radius 3 is 1.38 bits per heavy atom. The molecule has 1 saturated heterocycles. The second-order valence-electron chi connectivity index (χ2n) is 27.5. The Morgan fingerprint density at radius 1 is 0.581 bits per heavy atom. The molecule has 5 atom stereocenters. The van der Waals surface area contributed by atoms with Gasteiger partial charge in [0.1, 0.15) is 0 Å². The van der Waals surface area contributed by atoms with Crippen molar-refractivity contribution in [3.8, 4) is 0 Å². The van der Waals surface area contributed by atoms with E-state index < -0.39 is 76.1 Å². The summed E-state index contributed by atoms with van der Waals surface area (Å²) in [7, 11) is -20.0. The number of ether oxygens (including phenoxy) is 2. The number of carbonyl (C=O) groups excluding carboxylic acids is 6. The van der Waals surface area contributed by atoms with E-state index in [0.717, 1.165) is 36.8 Å². The maximum atomic E-state index is 12.7. The summed E-state index contributed by atoms with van der Waals surface area (Å²) in [4.78, 5) is 68.8. The predicted molar refractivity (Wildman–Crippen MR) is 404 cm³/mol. The van der Waals surface area contributed by atoms with Crippen LogP contribution in [0, 0.1) is 0 Å². The number of nitrogens with two attached hydrogens (primary N) is 1. The number of rotatable bonds is 47. The van der Waals surface area contributed by atoms with Crippen LogP contribution in [0.2, 0.25) is 143 Å². The summed E-state index contributed by atoms with van der Waals surface area (Å²) in [5, 5.41) is 34.5. The average Bonchev–Trinajstić information content (AvgIpc) is 1.59. The fourth-order valence-corrected chi connectivity index (χ4v) is 53.1. The molecule has 1 heterocycles. The van der Waals surface area contributed by atoms with E-state index in [-0.39, 0.29) is 66.6 Å². The molecule has 0 aliphatic carbocycles. The minimum absolute atomic E-state index is 0.00404. The minimum Gasteiger partial charge on any atom is -0.437 e. The molecule has 0 radical (unpaired) electrons. The summed E-state index contributed by atoms with van der Waals surface area (Å²) in [6.45, 7) is 59.3. The first-order valence-corrected chi connectivity index (χ1v) is 61.4. The molecule has 24 nitrogen and oxygen atoms in total. The van der Waals surface area contributed by atoms with Gasteiger partial charge < -0.3 is 86.1 Å². The van der Waals surface area contributed by atoms with E-state index in [2.05, 4.69) is 176 Å². The highest BCUT2D eigenvalue weighted by molar-refractivity contribution is 8.14. The Bertz CT molecular complexity index is 2200. The van der Waals surface area contributed by atoms with Gasteiger partial charge in [0, 0.05) is 70.2 Å². The van der Waals surface area contributed by atoms with E-state index in [0.29, 0.717) is 95.3 Å². The lowest BCUT2D eigenvalue weighted by Crippen LogP contribution is -2.60. The van der Waals surface area contributed by atoms with Crippen LogP contribution < -0.4 is 37.6 Å². The lowest BCUT2D eigenvalue weighted by molar-refractivity contribution is -0.122. The van der Waals surface area contributed by atoms with E-state index >= 15 is 0 Å². The molecule has 0 aromatic carbocycles. The van der Waals surface area contributed by atoms with Gasteiger partial charge in [-0.3, -0.25) is 28.8 Å². The maximum absolute atomic E-state index is 12.7. The number of thioether (sulfide) groups is 2. The molecule has 35 heteroatoms. The van der Waals surface area contributed by atoms with Gasteiger partial charge in [0.25, 0.3) is 0 Å². The summed E-state index contributed by atoms with van der Waals surface area (Å²) < 4.78 is 56.9. The number of hydrogen-bond donors (Lipinski definition) is 9. The molecule has 10 N–H and O–H groups in total. The molecule has 0 spiro atoms. The predicted octanol–water partition coefficient (Wildman–Crippen LogP) is 8.18. The first-order chi connectivity index (χ1) is 42.6.